The molecule has 10 nitrogen and oxygen atoms in total. The smallest absolute Gasteiger partial charge is 0.215 e. The van der Waals surface area contributed by atoms with Crippen molar-refractivity contribution in [2.24, 2.45) is 0 Å². The van der Waals surface area contributed by atoms with Crippen LogP contribution in [0.25, 0.3) is 0 Å². The lowest BCUT2D eigenvalue weighted by Gasteiger charge is -2.40. The third-order valence-corrected chi connectivity index (χ3v) is 9.40. The van der Waals surface area contributed by atoms with Gasteiger partial charge in [-0.25, -0.2) is 27.7 Å². The van der Waals surface area contributed by atoms with Crippen LogP contribution in [-0.4, -0.2) is 72.3 Å². The molecule has 0 bridgehead atoms. The normalized spacial score (nSPS) is 16.8. The Morgan fingerprint density at radius 2 is 1.95 bits per heavy atom. The van der Waals surface area contributed by atoms with Crippen molar-refractivity contribution in [2.45, 2.75) is 38.6 Å². The molecule has 2 aliphatic rings. The topological polar surface area (TPSA) is 115 Å². The van der Waals surface area contributed by atoms with Gasteiger partial charge in [0.25, 0.3) is 0 Å². The monoisotopic (exact) mass is 537 g/mol. The average molecular weight is 538 g/mol. The zero-order valence-corrected chi connectivity index (χ0v) is 23.2. The number of benzene rings is 1. The van der Waals surface area contributed by atoms with Gasteiger partial charge in [0.1, 0.15) is 12.1 Å². The van der Waals surface area contributed by atoms with Crippen molar-refractivity contribution in [3.8, 4) is 5.75 Å². The van der Waals surface area contributed by atoms with Gasteiger partial charge in [0, 0.05) is 56.9 Å². The van der Waals surface area contributed by atoms with Gasteiger partial charge >= 0.3 is 0 Å². The molecule has 4 heterocycles. The zero-order valence-electron chi connectivity index (χ0n) is 22.3. The maximum atomic E-state index is 12.4. The minimum Gasteiger partial charge on any atom is -0.504 e. The van der Waals surface area contributed by atoms with Crippen molar-refractivity contribution in [1.29, 1.82) is 0 Å². The number of fused-ring (bicyclic) bond motifs is 2. The summed E-state index contributed by atoms with van der Waals surface area (Å²) in [7, 11) is -0.141. The molecule has 1 aromatic carbocycles. The van der Waals surface area contributed by atoms with E-state index < -0.39 is 10.0 Å². The van der Waals surface area contributed by atoms with Gasteiger partial charge in [-0.15, -0.1) is 0 Å². The Labute approximate surface area is 224 Å². The van der Waals surface area contributed by atoms with E-state index in [2.05, 4.69) is 57.2 Å². The van der Waals surface area contributed by atoms with Crippen molar-refractivity contribution in [3.63, 3.8) is 0 Å². The molecule has 0 fully saturated rings. The van der Waals surface area contributed by atoms with Crippen molar-refractivity contribution in [3.05, 3.63) is 59.7 Å². The minimum atomic E-state index is -3.29. The number of sulfonamides is 1. The number of aromatic hydroxyl groups is 1. The molecule has 2 N–H and O–H groups in total. The molecule has 0 saturated carbocycles. The predicted octanol–water partition coefficient (Wildman–Crippen LogP) is 3.26. The van der Waals surface area contributed by atoms with E-state index in [1.54, 1.807) is 38.8 Å². The van der Waals surface area contributed by atoms with E-state index in [1.807, 2.05) is 4.90 Å². The molecule has 2 aromatic heterocycles. The molecule has 202 valence electrons. The molecular formula is C27H35N7O3S. The third kappa shape index (κ3) is 5.12. The Kier molecular flexibility index (Phi) is 6.91. The lowest BCUT2D eigenvalue weighted by molar-refractivity contribution is 0.455. The summed E-state index contributed by atoms with van der Waals surface area (Å²) in [6.45, 7) is 6.92. The van der Waals surface area contributed by atoms with Crippen LogP contribution in [0.2, 0.25) is 0 Å². The van der Waals surface area contributed by atoms with Gasteiger partial charge in [-0.05, 0) is 48.1 Å². The van der Waals surface area contributed by atoms with Crippen LogP contribution in [-0.2, 0) is 28.4 Å². The van der Waals surface area contributed by atoms with Gasteiger partial charge in [0.2, 0.25) is 10.0 Å². The van der Waals surface area contributed by atoms with Crippen LogP contribution >= 0.6 is 0 Å². The molecule has 0 saturated heterocycles. The highest BCUT2D eigenvalue weighted by atomic mass is 32.2. The SMILES string of the molecule is CN(C)S(=O)(=O)CCN1CCC(C)(C)c2ccc(Nc3ncnc4c3CCN(c3ncccc3O)C4)cc21. The third-order valence-electron chi connectivity index (χ3n) is 7.59. The van der Waals surface area contributed by atoms with Crippen LogP contribution in [0.15, 0.2) is 42.9 Å². The van der Waals surface area contributed by atoms with Gasteiger partial charge < -0.3 is 20.2 Å². The number of rotatable bonds is 7. The van der Waals surface area contributed by atoms with E-state index in [1.165, 1.54) is 9.87 Å². The summed E-state index contributed by atoms with van der Waals surface area (Å²) in [4.78, 5) is 17.6. The van der Waals surface area contributed by atoms with Crippen LogP contribution in [0.1, 0.15) is 37.1 Å². The molecule has 0 unspecified atom stereocenters. The first kappa shape index (κ1) is 26.2. The zero-order chi connectivity index (χ0) is 27.1. The first-order chi connectivity index (χ1) is 18.0. The number of nitrogens with one attached hydrogen (secondary N) is 1. The number of anilines is 4. The Bertz CT molecular complexity index is 1440. The van der Waals surface area contributed by atoms with Crippen molar-refractivity contribution in [1.82, 2.24) is 19.3 Å². The summed E-state index contributed by atoms with van der Waals surface area (Å²) in [6, 6.07) is 9.66. The fraction of sp³-hybridized carbons (Fsp3) is 0.444. The second-order valence-electron chi connectivity index (χ2n) is 10.7. The van der Waals surface area contributed by atoms with Crippen molar-refractivity contribution < 1.29 is 13.5 Å². The quantitative estimate of drug-likeness (QED) is 0.469. The average Bonchev–Trinajstić information content (AvgIpc) is 2.88. The highest BCUT2D eigenvalue weighted by Gasteiger charge is 2.32. The number of aromatic nitrogens is 3. The van der Waals surface area contributed by atoms with E-state index in [0.29, 0.717) is 31.9 Å². The van der Waals surface area contributed by atoms with Gasteiger partial charge in [-0.1, -0.05) is 19.9 Å². The molecule has 3 aromatic rings. The second kappa shape index (κ2) is 10.0. The maximum absolute atomic E-state index is 12.4. The maximum Gasteiger partial charge on any atom is 0.215 e. The van der Waals surface area contributed by atoms with Gasteiger partial charge in [-0.3, -0.25) is 0 Å². The highest BCUT2D eigenvalue weighted by molar-refractivity contribution is 7.89. The fourth-order valence-corrected chi connectivity index (χ4v) is 5.98. The van der Waals surface area contributed by atoms with E-state index in [0.717, 1.165) is 41.4 Å². The molecule has 5 rings (SSSR count). The second-order valence-corrected chi connectivity index (χ2v) is 13.0. The van der Waals surface area contributed by atoms with Crippen LogP contribution in [0, 0.1) is 0 Å². The Morgan fingerprint density at radius 1 is 1.13 bits per heavy atom. The fourth-order valence-electron chi connectivity index (χ4n) is 5.17. The number of hydrogen-bond acceptors (Lipinski definition) is 9. The molecular weight excluding hydrogens is 502 g/mol. The van der Waals surface area contributed by atoms with E-state index in [4.69, 9.17) is 0 Å². The first-order valence-corrected chi connectivity index (χ1v) is 14.4. The number of hydrogen-bond donors (Lipinski definition) is 2. The number of pyridine rings is 1. The Balaban J connectivity index is 1.40. The van der Waals surface area contributed by atoms with Gasteiger partial charge in [-0.2, -0.15) is 0 Å². The lowest BCUT2D eigenvalue weighted by atomic mass is 9.77. The van der Waals surface area contributed by atoms with Gasteiger partial charge in [0.15, 0.2) is 11.6 Å². The van der Waals surface area contributed by atoms with E-state index in [9.17, 15) is 13.5 Å². The first-order valence-electron chi connectivity index (χ1n) is 12.8. The van der Waals surface area contributed by atoms with Crippen LogP contribution in [0.4, 0.5) is 23.0 Å². The summed E-state index contributed by atoms with van der Waals surface area (Å²) in [5, 5.41) is 13.7. The summed E-state index contributed by atoms with van der Waals surface area (Å²) in [5.41, 5.74) is 5.11. The lowest BCUT2D eigenvalue weighted by Crippen LogP contribution is -2.41. The predicted molar refractivity (Wildman–Crippen MR) is 150 cm³/mol. The molecule has 11 heteroatoms. The summed E-state index contributed by atoms with van der Waals surface area (Å²) in [6.07, 6.45) is 4.90. The van der Waals surface area contributed by atoms with Gasteiger partial charge in [0.05, 0.1) is 18.0 Å². The Morgan fingerprint density at radius 3 is 2.71 bits per heavy atom. The molecule has 38 heavy (non-hydrogen) atoms. The Hall–Kier alpha value is -3.44. The van der Waals surface area contributed by atoms with Crippen molar-refractivity contribution >= 4 is 33.0 Å². The molecule has 0 aliphatic carbocycles. The molecule has 0 atom stereocenters. The molecule has 0 radical (unpaired) electrons. The minimum absolute atomic E-state index is 0.000635. The molecule has 0 spiro atoms. The largest absolute Gasteiger partial charge is 0.504 e. The summed E-state index contributed by atoms with van der Waals surface area (Å²) in [5.74, 6) is 1.54. The number of nitrogens with zero attached hydrogens (tertiary/aromatic N) is 6. The van der Waals surface area contributed by atoms with Crippen LogP contribution < -0.4 is 15.1 Å². The molecule has 0 amide bonds. The van der Waals surface area contributed by atoms with E-state index >= 15 is 0 Å². The highest BCUT2D eigenvalue weighted by Crippen LogP contribution is 2.41. The standard InChI is InChI=1S/C27H35N7O3S/c1-27(2)10-13-33(14-15-38(36,37)32(3)4)23-16-19(7-8-21(23)27)31-25-20-9-12-34(17-22(20)29-18-30-25)26-24(35)6-5-11-28-26/h5-8,11,16,18,35H,9-10,12-15,17H2,1-4H3,(H,29,30,31). The summed E-state index contributed by atoms with van der Waals surface area (Å²) < 4.78 is 26.2. The van der Waals surface area contributed by atoms with Crippen LogP contribution in [0.5, 0.6) is 5.75 Å². The molecule has 2 aliphatic heterocycles. The van der Waals surface area contributed by atoms with E-state index in [-0.39, 0.29) is 16.9 Å². The summed E-state index contributed by atoms with van der Waals surface area (Å²) >= 11 is 0. The van der Waals surface area contributed by atoms with Crippen LogP contribution in [0.3, 0.4) is 0 Å². The van der Waals surface area contributed by atoms with Crippen molar-refractivity contribution in [2.75, 3.05) is 54.6 Å².